The molecule has 1 aliphatic heterocycles. The standard InChI is InChI=1S/C16H28N2O2.ClH/c1-2-20-14-10-13(16(14)7-3-8-16)18-15(19)5-4-12-6-9-17-11-12;/h12-14,17H,2-11H2,1H3,(H,18,19);1H. The van der Waals surface area contributed by atoms with Crippen LogP contribution in [0.3, 0.4) is 0 Å². The molecule has 2 aliphatic carbocycles. The van der Waals surface area contributed by atoms with Crippen molar-refractivity contribution < 1.29 is 9.53 Å². The highest BCUT2D eigenvalue weighted by molar-refractivity contribution is 5.85. The first-order valence-electron chi connectivity index (χ1n) is 8.36. The molecule has 5 heteroatoms. The topological polar surface area (TPSA) is 50.4 Å². The molecule has 3 rings (SSSR count). The van der Waals surface area contributed by atoms with Crippen molar-refractivity contribution in [1.29, 1.82) is 0 Å². The Balaban J connectivity index is 0.00000161. The van der Waals surface area contributed by atoms with Crippen LogP contribution >= 0.6 is 12.4 Å². The highest BCUT2D eigenvalue weighted by Gasteiger charge is 2.59. The smallest absolute Gasteiger partial charge is 0.220 e. The number of amides is 1. The molecule has 2 N–H and O–H groups in total. The van der Waals surface area contributed by atoms with Crippen LogP contribution in [0, 0.1) is 11.3 Å². The summed E-state index contributed by atoms with van der Waals surface area (Å²) in [6.45, 7) is 5.07. The molecule has 3 aliphatic rings. The lowest BCUT2D eigenvalue weighted by atomic mass is 9.51. The highest BCUT2D eigenvalue weighted by Crippen LogP contribution is 2.57. The average molecular weight is 317 g/mol. The number of rotatable bonds is 6. The number of carbonyl (C=O) groups excluding carboxylic acids is 1. The Morgan fingerprint density at radius 3 is 2.81 bits per heavy atom. The molecular formula is C16H29ClN2O2. The van der Waals surface area contributed by atoms with Crippen molar-refractivity contribution in [2.45, 2.75) is 64.0 Å². The molecule has 122 valence electrons. The molecule has 1 heterocycles. The third-order valence-electron chi connectivity index (χ3n) is 5.71. The third-order valence-corrected chi connectivity index (χ3v) is 5.71. The summed E-state index contributed by atoms with van der Waals surface area (Å²) in [5.74, 6) is 0.958. The van der Waals surface area contributed by atoms with Crippen LogP contribution in [-0.2, 0) is 9.53 Å². The van der Waals surface area contributed by atoms with E-state index in [4.69, 9.17) is 4.74 Å². The fraction of sp³-hybridized carbons (Fsp3) is 0.938. The van der Waals surface area contributed by atoms with Gasteiger partial charge in [-0.2, -0.15) is 0 Å². The second-order valence-corrected chi connectivity index (χ2v) is 6.78. The molecule has 3 atom stereocenters. The Hall–Kier alpha value is -0.320. The average Bonchev–Trinajstić information content (AvgIpc) is 2.86. The molecule has 21 heavy (non-hydrogen) atoms. The van der Waals surface area contributed by atoms with E-state index in [-0.39, 0.29) is 18.3 Å². The van der Waals surface area contributed by atoms with Crippen LogP contribution in [0.5, 0.6) is 0 Å². The molecule has 1 saturated heterocycles. The van der Waals surface area contributed by atoms with E-state index in [0.29, 0.717) is 29.9 Å². The highest BCUT2D eigenvalue weighted by atomic mass is 35.5. The van der Waals surface area contributed by atoms with Gasteiger partial charge >= 0.3 is 0 Å². The first kappa shape index (κ1) is 17.0. The van der Waals surface area contributed by atoms with E-state index >= 15 is 0 Å². The van der Waals surface area contributed by atoms with Crippen LogP contribution in [0.1, 0.15) is 51.9 Å². The van der Waals surface area contributed by atoms with E-state index in [1.165, 1.54) is 25.7 Å². The van der Waals surface area contributed by atoms with E-state index in [1.807, 2.05) is 0 Å². The van der Waals surface area contributed by atoms with Crippen molar-refractivity contribution in [2.24, 2.45) is 11.3 Å². The Morgan fingerprint density at radius 2 is 2.24 bits per heavy atom. The van der Waals surface area contributed by atoms with Gasteiger partial charge in [-0.1, -0.05) is 6.42 Å². The van der Waals surface area contributed by atoms with Crippen LogP contribution in [0.2, 0.25) is 0 Å². The van der Waals surface area contributed by atoms with E-state index in [9.17, 15) is 4.79 Å². The van der Waals surface area contributed by atoms with Gasteiger partial charge in [0.2, 0.25) is 5.91 Å². The maximum atomic E-state index is 12.1. The predicted molar refractivity (Wildman–Crippen MR) is 85.7 cm³/mol. The second kappa shape index (κ2) is 7.30. The lowest BCUT2D eigenvalue weighted by Gasteiger charge is -2.61. The van der Waals surface area contributed by atoms with Gasteiger partial charge in [0.05, 0.1) is 6.10 Å². The van der Waals surface area contributed by atoms with Crippen LogP contribution < -0.4 is 10.6 Å². The van der Waals surface area contributed by atoms with Crippen molar-refractivity contribution in [3.05, 3.63) is 0 Å². The Morgan fingerprint density at radius 1 is 1.43 bits per heavy atom. The minimum Gasteiger partial charge on any atom is -0.378 e. The largest absolute Gasteiger partial charge is 0.378 e. The maximum Gasteiger partial charge on any atom is 0.220 e. The van der Waals surface area contributed by atoms with Gasteiger partial charge in [-0.3, -0.25) is 4.79 Å². The van der Waals surface area contributed by atoms with Crippen molar-refractivity contribution in [3.63, 3.8) is 0 Å². The summed E-state index contributed by atoms with van der Waals surface area (Å²) in [6.07, 6.45) is 8.13. The van der Waals surface area contributed by atoms with Gasteiger partial charge in [0.15, 0.2) is 0 Å². The van der Waals surface area contributed by atoms with E-state index in [0.717, 1.165) is 32.5 Å². The first-order valence-corrected chi connectivity index (χ1v) is 8.36. The predicted octanol–water partition coefficient (Wildman–Crippen LogP) is 2.26. The summed E-state index contributed by atoms with van der Waals surface area (Å²) in [5, 5.41) is 6.64. The Labute approximate surface area is 134 Å². The zero-order chi connectivity index (χ0) is 14.0. The van der Waals surface area contributed by atoms with Crippen LogP contribution in [-0.4, -0.2) is 37.7 Å². The molecule has 4 nitrogen and oxygen atoms in total. The Bertz CT molecular complexity index is 354. The molecule has 2 saturated carbocycles. The first-order chi connectivity index (χ1) is 9.74. The molecule has 3 fully saturated rings. The molecule has 0 bridgehead atoms. The molecule has 0 radical (unpaired) electrons. The lowest BCUT2D eigenvalue weighted by molar-refractivity contribution is -0.175. The molecule has 3 unspecified atom stereocenters. The summed E-state index contributed by atoms with van der Waals surface area (Å²) < 4.78 is 5.83. The Kier molecular flexibility index (Phi) is 5.92. The van der Waals surface area contributed by atoms with Gasteiger partial charge in [-0.25, -0.2) is 0 Å². The van der Waals surface area contributed by atoms with E-state index in [1.54, 1.807) is 0 Å². The van der Waals surface area contributed by atoms with Crippen molar-refractivity contribution in [2.75, 3.05) is 19.7 Å². The second-order valence-electron chi connectivity index (χ2n) is 6.78. The van der Waals surface area contributed by atoms with Gasteiger partial charge in [0.25, 0.3) is 0 Å². The number of carbonyl (C=O) groups is 1. The summed E-state index contributed by atoms with van der Waals surface area (Å²) in [7, 11) is 0. The fourth-order valence-corrected chi connectivity index (χ4v) is 4.20. The summed E-state index contributed by atoms with van der Waals surface area (Å²) in [6, 6.07) is 0.377. The van der Waals surface area contributed by atoms with E-state index < -0.39 is 0 Å². The van der Waals surface area contributed by atoms with Crippen LogP contribution in [0.15, 0.2) is 0 Å². The molecule has 1 spiro atoms. The lowest BCUT2D eigenvalue weighted by Crippen LogP contribution is -2.67. The maximum absolute atomic E-state index is 12.1. The molecule has 0 aromatic rings. The zero-order valence-corrected chi connectivity index (χ0v) is 13.8. The normalized spacial score (nSPS) is 32.9. The van der Waals surface area contributed by atoms with Crippen molar-refractivity contribution in [3.8, 4) is 0 Å². The third kappa shape index (κ3) is 3.38. The number of halogens is 1. The summed E-state index contributed by atoms with van der Waals surface area (Å²) >= 11 is 0. The molecule has 1 amide bonds. The summed E-state index contributed by atoms with van der Waals surface area (Å²) in [4.78, 5) is 12.1. The number of nitrogens with one attached hydrogen (secondary N) is 2. The van der Waals surface area contributed by atoms with Gasteiger partial charge < -0.3 is 15.4 Å². The fourth-order valence-electron chi connectivity index (χ4n) is 4.20. The molecule has 0 aromatic heterocycles. The summed E-state index contributed by atoms with van der Waals surface area (Å²) in [5.41, 5.74) is 0.292. The minimum atomic E-state index is 0. The quantitative estimate of drug-likeness (QED) is 0.790. The van der Waals surface area contributed by atoms with E-state index in [2.05, 4.69) is 17.6 Å². The van der Waals surface area contributed by atoms with Crippen molar-refractivity contribution >= 4 is 18.3 Å². The van der Waals surface area contributed by atoms with Crippen molar-refractivity contribution in [1.82, 2.24) is 10.6 Å². The number of hydrogen-bond acceptors (Lipinski definition) is 3. The molecular weight excluding hydrogens is 288 g/mol. The van der Waals surface area contributed by atoms with Gasteiger partial charge in [-0.15, -0.1) is 12.4 Å². The SMILES string of the molecule is CCOC1CC(NC(=O)CCC2CCNC2)C12CCC2.Cl. The minimum absolute atomic E-state index is 0. The van der Waals surface area contributed by atoms with Crippen LogP contribution in [0.4, 0.5) is 0 Å². The van der Waals surface area contributed by atoms with Crippen LogP contribution in [0.25, 0.3) is 0 Å². The zero-order valence-electron chi connectivity index (χ0n) is 13.0. The number of hydrogen-bond donors (Lipinski definition) is 2. The van der Waals surface area contributed by atoms with Gasteiger partial charge in [0.1, 0.15) is 0 Å². The van der Waals surface area contributed by atoms with Gasteiger partial charge in [-0.05, 0) is 58.0 Å². The monoisotopic (exact) mass is 316 g/mol. The molecule has 0 aromatic carbocycles. The number of ether oxygens (including phenoxy) is 1. The van der Waals surface area contributed by atoms with Gasteiger partial charge in [0, 0.05) is 24.5 Å².